The van der Waals surface area contributed by atoms with E-state index >= 15 is 0 Å². The molecule has 0 saturated heterocycles. The number of thiophene rings is 1. The molecular weight excluding hydrogens is 470 g/mol. The van der Waals surface area contributed by atoms with E-state index in [1.165, 1.54) is 25.4 Å². The van der Waals surface area contributed by atoms with E-state index in [1.54, 1.807) is 47.4 Å². The van der Waals surface area contributed by atoms with Crippen LogP contribution >= 0.6 is 11.3 Å². The van der Waals surface area contributed by atoms with Gasteiger partial charge in [-0.3, -0.25) is 19.7 Å². The summed E-state index contributed by atoms with van der Waals surface area (Å²) in [7, 11) is 3.02. The van der Waals surface area contributed by atoms with Gasteiger partial charge in [-0.1, -0.05) is 12.1 Å². The molecule has 0 atom stereocenters. The molecule has 0 unspecified atom stereocenters. The average Bonchev–Trinajstić information content (AvgIpc) is 3.39. The molecule has 0 aliphatic carbocycles. The molecule has 10 nitrogen and oxygen atoms in total. The monoisotopic (exact) mass is 495 g/mol. The van der Waals surface area contributed by atoms with Crippen LogP contribution in [-0.4, -0.2) is 56.1 Å². The molecule has 0 bridgehead atoms. The van der Waals surface area contributed by atoms with Gasteiger partial charge in [0.25, 0.3) is 5.91 Å². The fourth-order valence-corrected chi connectivity index (χ4v) is 3.95. The molecule has 0 radical (unpaired) electrons. The molecule has 0 aliphatic rings. The number of carbonyl (C=O) groups is 4. The highest BCUT2D eigenvalue weighted by Gasteiger charge is 2.16. The SMILES string of the molecule is CNC(=O)CN(CC(=O)NC)c1ccc(C(=O)Nc2cc(-c3cccs3)ccc2NC(=O)O)cc1. The molecule has 3 rings (SSSR count). The molecule has 2 aromatic carbocycles. The lowest BCUT2D eigenvalue weighted by atomic mass is 10.1. The number of carbonyl (C=O) groups excluding carboxylic acids is 3. The highest BCUT2D eigenvalue weighted by atomic mass is 32.1. The number of benzene rings is 2. The number of likely N-dealkylation sites (N-methyl/N-ethyl adjacent to an activating group) is 2. The Morgan fingerprint density at radius 1 is 0.857 bits per heavy atom. The Morgan fingerprint density at radius 2 is 1.51 bits per heavy atom. The third-order valence-electron chi connectivity index (χ3n) is 5.04. The molecule has 1 aromatic heterocycles. The largest absolute Gasteiger partial charge is 0.465 e. The zero-order valence-corrected chi connectivity index (χ0v) is 19.9. The lowest BCUT2D eigenvalue weighted by Crippen LogP contribution is -2.41. The Balaban J connectivity index is 1.83. The van der Waals surface area contributed by atoms with E-state index in [4.69, 9.17) is 5.11 Å². The maximum absolute atomic E-state index is 13.0. The molecule has 4 amide bonds. The van der Waals surface area contributed by atoms with E-state index in [1.807, 2.05) is 17.5 Å². The van der Waals surface area contributed by atoms with Crippen molar-refractivity contribution in [3.05, 3.63) is 65.5 Å². The van der Waals surface area contributed by atoms with Crippen LogP contribution < -0.4 is 26.2 Å². The van der Waals surface area contributed by atoms with Crippen LogP contribution in [0.25, 0.3) is 10.4 Å². The van der Waals surface area contributed by atoms with Gasteiger partial charge in [0.1, 0.15) is 0 Å². The van der Waals surface area contributed by atoms with E-state index < -0.39 is 12.0 Å². The first-order valence-electron chi connectivity index (χ1n) is 10.6. The lowest BCUT2D eigenvalue weighted by Gasteiger charge is -2.23. The summed E-state index contributed by atoms with van der Waals surface area (Å²) in [6.45, 7) is -0.0651. The molecular formula is C24H25N5O5S. The fraction of sp³-hybridized carbons (Fsp3) is 0.167. The van der Waals surface area contributed by atoms with Gasteiger partial charge in [-0.25, -0.2) is 4.79 Å². The highest BCUT2D eigenvalue weighted by Crippen LogP contribution is 2.32. The second kappa shape index (κ2) is 11.7. The number of nitrogens with one attached hydrogen (secondary N) is 4. The molecule has 0 aliphatic heterocycles. The van der Waals surface area contributed by atoms with E-state index in [-0.39, 0.29) is 30.6 Å². The van der Waals surface area contributed by atoms with Gasteiger partial charge in [0.05, 0.1) is 24.5 Å². The second-order valence-electron chi connectivity index (χ2n) is 7.37. The predicted molar refractivity (Wildman–Crippen MR) is 136 cm³/mol. The summed E-state index contributed by atoms with van der Waals surface area (Å²) in [5.74, 6) is -0.975. The molecule has 35 heavy (non-hydrogen) atoms. The van der Waals surface area contributed by atoms with Crippen molar-refractivity contribution in [2.45, 2.75) is 0 Å². The van der Waals surface area contributed by atoms with Crippen molar-refractivity contribution >= 4 is 52.2 Å². The second-order valence-corrected chi connectivity index (χ2v) is 8.32. The summed E-state index contributed by atoms with van der Waals surface area (Å²) in [4.78, 5) is 50.5. The standard InChI is InChI=1S/C24H25N5O5S/c1-25-21(30)13-29(14-22(31)26-2)17-8-5-15(6-9-17)23(32)27-19-12-16(20-4-3-11-35-20)7-10-18(19)28-24(33)34/h3-12,28H,13-14H2,1-2H3,(H,25,30)(H,26,31)(H,27,32)(H,33,34). The Morgan fingerprint density at radius 3 is 2.06 bits per heavy atom. The molecule has 5 N–H and O–H groups in total. The summed E-state index contributed by atoms with van der Waals surface area (Å²) in [6, 6.07) is 15.3. The number of rotatable bonds is 9. The van der Waals surface area contributed by atoms with Crippen LogP contribution in [0.1, 0.15) is 10.4 Å². The van der Waals surface area contributed by atoms with Gasteiger partial charge in [0, 0.05) is 30.2 Å². The average molecular weight is 496 g/mol. The van der Waals surface area contributed by atoms with Gasteiger partial charge in [-0.2, -0.15) is 0 Å². The number of hydrogen-bond acceptors (Lipinski definition) is 6. The fourth-order valence-electron chi connectivity index (χ4n) is 3.23. The van der Waals surface area contributed by atoms with Crippen molar-refractivity contribution in [2.24, 2.45) is 0 Å². The van der Waals surface area contributed by atoms with Gasteiger partial charge >= 0.3 is 6.09 Å². The summed E-state index contributed by atoms with van der Waals surface area (Å²) >= 11 is 1.52. The molecule has 0 fully saturated rings. The van der Waals surface area contributed by atoms with Crippen molar-refractivity contribution in [3.63, 3.8) is 0 Å². The van der Waals surface area contributed by atoms with Crippen LogP contribution in [-0.2, 0) is 9.59 Å². The number of anilines is 3. The first kappa shape index (κ1) is 25.2. The first-order chi connectivity index (χ1) is 16.8. The zero-order chi connectivity index (χ0) is 25.4. The first-order valence-corrected chi connectivity index (χ1v) is 11.4. The summed E-state index contributed by atoms with van der Waals surface area (Å²) < 4.78 is 0. The normalized spacial score (nSPS) is 10.2. The van der Waals surface area contributed by atoms with Gasteiger partial charge in [-0.15, -0.1) is 11.3 Å². The number of carboxylic acid groups (broad SMARTS) is 1. The van der Waals surface area contributed by atoms with Crippen molar-refractivity contribution in [1.82, 2.24) is 10.6 Å². The van der Waals surface area contributed by atoms with Crippen molar-refractivity contribution in [1.29, 1.82) is 0 Å². The summed E-state index contributed by atoms with van der Waals surface area (Å²) in [5.41, 5.74) is 2.29. The highest BCUT2D eigenvalue weighted by molar-refractivity contribution is 7.13. The number of nitrogens with zero attached hydrogens (tertiary/aromatic N) is 1. The van der Waals surface area contributed by atoms with E-state index in [0.717, 1.165) is 10.4 Å². The quantitative estimate of drug-likeness (QED) is 0.309. The van der Waals surface area contributed by atoms with Crippen LogP contribution in [0, 0.1) is 0 Å². The molecule has 1 heterocycles. The smallest absolute Gasteiger partial charge is 0.409 e. The zero-order valence-electron chi connectivity index (χ0n) is 19.1. The Hall–Kier alpha value is -4.38. The maximum Gasteiger partial charge on any atom is 0.409 e. The van der Waals surface area contributed by atoms with Gasteiger partial charge in [0.15, 0.2) is 0 Å². The van der Waals surface area contributed by atoms with E-state index in [9.17, 15) is 19.2 Å². The predicted octanol–water partition coefficient (Wildman–Crippen LogP) is 3.06. The van der Waals surface area contributed by atoms with Crippen molar-refractivity contribution in [2.75, 3.05) is 42.7 Å². The van der Waals surface area contributed by atoms with Crippen molar-refractivity contribution in [3.8, 4) is 10.4 Å². The molecule has 182 valence electrons. The van der Waals surface area contributed by atoms with E-state index in [0.29, 0.717) is 16.9 Å². The van der Waals surface area contributed by atoms with Crippen LogP contribution in [0.5, 0.6) is 0 Å². The third kappa shape index (κ3) is 6.81. The molecule has 0 spiro atoms. The minimum Gasteiger partial charge on any atom is -0.465 e. The van der Waals surface area contributed by atoms with Gasteiger partial charge in [-0.05, 0) is 53.4 Å². The lowest BCUT2D eigenvalue weighted by molar-refractivity contribution is -0.120. The summed E-state index contributed by atoms with van der Waals surface area (Å²) in [5, 5.41) is 21.2. The number of hydrogen-bond donors (Lipinski definition) is 5. The molecule has 3 aromatic rings. The maximum atomic E-state index is 13.0. The topological polar surface area (TPSA) is 140 Å². The van der Waals surface area contributed by atoms with Crippen LogP contribution in [0.3, 0.4) is 0 Å². The van der Waals surface area contributed by atoms with Crippen LogP contribution in [0.15, 0.2) is 60.0 Å². The Bertz CT molecular complexity index is 1190. The van der Waals surface area contributed by atoms with E-state index in [2.05, 4.69) is 21.3 Å². The third-order valence-corrected chi connectivity index (χ3v) is 5.96. The van der Waals surface area contributed by atoms with Gasteiger partial charge < -0.3 is 26.0 Å². The molecule has 11 heteroatoms. The van der Waals surface area contributed by atoms with Crippen molar-refractivity contribution < 1.29 is 24.3 Å². The Labute approximate surface area is 206 Å². The molecule has 0 saturated carbocycles. The van der Waals surface area contributed by atoms with Crippen LogP contribution in [0.4, 0.5) is 21.9 Å². The Kier molecular flexibility index (Phi) is 8.41. The minimum atomic E-state index is -1.25. The van der Waals surface area contributed by atoms with Crippen LogP contribution in [0.2, 0.25) is 0 Å². The minimum absolute atomic E-state index is 0.0325. The van der Waals surface area contributed by atoms with Gasteiger partial charge in [0.2, 0.25) is 11.8 Å². The number of amides is 4. The summed E-state index contributed by atoms with van der Waals surface area (Å²) in [6.07, 6.45) is -1.25.